The smallest absolute Gasteiger partial charge is 0.0639 e. The highest BCUT2D eigenvalue weighted by Crippen LogP contribution is 2.58. The van der Waals surface area contributed by atoms with E-state index in [-0.39, 0.29) is 11.5 Å². The van der Waals surface area contributed by atoms with Gasteiger partial charge >= 0.3 is 0 Å². The van der Waals surface area contributed by atoms with Crippen molar-refractivity contribution >= 4 is 0 Å². The van der Waals surface area contributed by atoms with Crippen molar-refractivity contribution in [1.29, 1.82) is 0 Å². The molecule has 3 fully saturated rings. The highest BCUT2D eigenvalue weighted by atomic mass is 16.3. The van der Waals surface area contributed by atoms with Crippen LogP contribution in [0.4, 0.5) is 0 Å². The van der Waals surface area contributed by atoms with Gasteiger partial charge in [-0.25, -0.2) is 0 Å². The predicted octanol–water partition coefficient (Wildman–Crippen LogP) is 2.30. The van der Waals surface area contributed by atoms with Crippen LogP contribution in [0.2, 0.25) is 0 Å². The van der Waals surface area contributed by atoms with E-state index in [1.807, 2.05) is 0 Å². The highest BCUT2D eigenvalue weighted by molar-refractivity contribution is 5.06. The summed E-state index contributed by atoms with van der Waals surface area (Å²) in [5, 5.41) is 10.7. The number of nitrogens with two attached hydrogens (primary N) is 1. The lowest BCUT2D eigenvalue weighted by atomic mass is 9.65. The maximum absolute atomic E-state index is 10.7. The third-order valence-corrected chi connectivity index (χ3v) is 5.84. The average Bonchev–Trinajstić information content (AvgIpc) is 3.03. The summed E-state index contributed by atoms with van der Waals surface area (Å²) in [5.41, 5.74) is 6.17. The Kier molecular flexibility index (Phi) is 2.75. The molecule has 0 aliphatic heterocycles. The molecule has 0 radical (unpaired) electrons. The van der Waals surface area contributed by atoms with Crippen molar-refractivity contribution in [1.82, 2.24) is 0 Å². The summed E-state index contributed by atoms with van der Waals surface area (Å²) in [5.74, 6) is 2.17. The van der Waals surface area contributed by atoms with E-state index in [1.165, 1.54) is 51.4 Å². The highest BCUT2D eigenvalue weighted by Gasteiger charge is 2.55. The minimum absolute atomic E-state index is 0.102. The summed E-state index contributed by atoms with van der Waals surface area (Å²) in [6.07, 6.45) is 10.3. The van der Waals surface area contributed by atoms with Gasteiger partial charge in [0, 0.05) is 12.0 Å². The molecule has 2 nitrogen and oxygen atoms in total. The van der Waals surface area contributed by atoms with Crippen LogP contribution >= 0.6 is 0 Å². The number of hydrogen-bond acceptors (Lipinski definition) is 2. The van der Waals surface area contributed by atoms with Gasteiger partial charge in [-0.3, -0.25) is 0 Å². The van der Waals surface area contributed by atoms with E-state index < -0.39 is 0 Å². The Balaban J connectivity index is 1.79. The molecule has 0 aromatic heterocycles. The second-order valence-corrected chi connectivity index (χ2v) is 6.51. The zero-order valence-electron chi connectivity index (χ0n) is 10.2. The van der Waals surface area contributed by atoms with E-state index in [0.717, 1.165) is 11.8 Å². The Morgan fingerprint density at radius 2 is 1.94 bits per heavy atom. The van der Waals surface area contributed by atoms with Gasteiger partial charge in [0.2, 0.25) is 0 Å². The molecular formula is C14H25NO. The number of aliphatic hydroxyl groups is 1. The summed E-state index contributed by atoms with van der Waals surface area (Å²) in [4.78, 5) is 0. The molecule has 0 aromatic carbocycles. The number of fused-ring (bicyclic) bond motifs is 2. The first-order valence-electron chi connectivity index (χ1n) is 7.14. The fourth-order valence-corrected chi connectivity index (χ4v) is 4.96. The molecule has 3 aliphatic rings. The molecule has 0 aromatic rings. The van der Waals surface area contributed by atoms with Gasteiger partial charge in [-0.2, -0.15) is 0 Å². The summed E-state index contributed by atoms with van der Waals surface area (Å²) in [6, 6.07) is 0. The summed E-state index contributed by atoms with van der Waals surface area (Å²) in [7, 11) is 0. The van der Waals surface area contributed by atoms with Crippen LogP contribution in [0.3, 0.4) is 0 Å². The van der Waals surface area contributed by atoms with Crippen molar-refractivity contribution in [2.75, 3.05) is 6.54 Å². The SMILES string of the molecule is NCC1(C(O)C2CCCC2)CC2CCC1C2. The summed E-state index contributed by atoms with van der Waals surface area (Å²) < 4.78 is 0. The van der Waals surface area contributed by atoms with Crippen LogP contribution in [0, 0.1) is 23.2 Å². The van der Waals surface area contributed by atoms with Gasteiger partial charge in [0.15, 0.2) is 0 Å². The first-order valence-corrected chi connectivity index (χ1v) is 7.14. The number of aliphatic hydroxyl groups excluding tert-OH is 1. The molecule has 4 unspecified atom stereocenters. The molecule has 2 heteroatoms. The summed E-state index contributed by atoms with van der Waals surface area (Å²) >= 11 is 0. The van der Waals surface area contributed by atoms with E-state index >= 15 is 0 Å². The van der Waals surface area contributed by atoms with Crippen LogP contribution < -0.4 is 5.73 Å². The average molecular weight is 223 g/mol. The Labute approximate surface area is 98.6 Å². The Hall–Kier alpha value is -0.0800. The molecule has 0 heterocycles. The molecular weight excluding hydrogens is 198 g/mol. The van der Waals surface area contributed by atoms with Crippen LogP contribution in [0.1, 0.15) is 51.4 Å². The first kappa shape index (κ1) is 11.0. The van der Waals surface area contributed by atoms with Gasteiger partial charge in [-0.15, -0.1) is 0 Å². The molecule has 0 amide bonds. The lowest BCUT2D eigenvalue weighted by molar-refractivity contribution is -0.0465. The normalized spacial score (nSPS) is 45.4. The lowest BCUT2D eigenvalue weighted by Crippen LogP contribution is -2.48. The minimum Gasteiger partial charge on any atom is -0.392 e. The van der Waals surface area contributed by atoms with Crippen LogP contribution in [0.25, 0.3) is 0 Å². The lowest BCUT2D eigenvalue weighted by Gasteiger charge is -2.43. The van der Waals surface area contributed by atoms with Crippen LogP contribution in [-0.2, 0) is 0 Å². The fourth-order valence-electron chi connectivity index (χ4n) is 4.96. The molecule has 3 saturated carbocycles. The van der Waals surface area contributed by atoms with Crippen molar-refractivity contribution in [3.8, 4) is 0 Å². The molecule has 0 spiro atoms. The standard InChI is InChI=1S/C14H25NO/c15-9-14(8-10-5-6-12(14)7-10)13(16)11-3-1-2-4-11/h10-13,16H,1-9,15H2. The van der Waals surface area contributed by atoms with Gasteiger partial charge < -0.3 is 10.8 Å². The van der Waals surface area contributed by atoms with Gasteiger partial charge in [0.1, 0.15) is 0 Å². The third-order valence-electron chi connectivity index (χ3n) is 5.84. The molecule has 0 saturated heterocycles. The van der Waals surface area contributed by atoms with Crippen LogP contribution in [0.15, 0.2) is 0 Å². The van der Waals surface area contributed by atoms with Crippen molar-refractivity contribution in [3.05, 3.63) is 0 Å². The molecule has 3 rings (SSSR count). The maximum Gasteiger partial charge on any atom is 0.0639 e. The van der Waals surface area contributed by atoms with E-state index in [9.17, 15) is 5.11 Å². The quantitative estimate of drug-likeness (QED) is 0.771. The van der Waals surface area contributed by atoms with Crippen molar-refractivity contribution < 1.29 is 5.11 Å². The number of rotatable bonds is 3. The molecule has 4 atom stereocenters. The number of hydrogen-bond donors (Lipinski definition) is 2. The predicted molar refractivity (Wildman–Crippen MR) is 64.9 cm³/mol. The maximum atomic E-state index is 10.7. The molecule has 3 aliphatic carbocycles. The Bertz CT molecular complexity index is 261. The van der Waals surface area contributed by atoms with E-state index in [2.05, 4.69) is 0 Å². The largest absolute Gasteiger partial charge is 0.392 e. The first-order chi connectivity index (χ1) is 7.76. The van der Waals surface area contributed by atoms with Gasteiger partial charge in [0.05, 0.1) is 6.10 Å². The fraction of sp³-hybridized carbons (Fsp3) is 1.00. The summed E-state index contributed by atoms with van der Waals surface area (Å²) in [6.45, 7) is 0.714. The topological polar surface area (TPSA) is 46.2 Å². The van der Waals surface area contributed by atoms with Crippen molar-refractivity contribution in [3.63, 3.8) is 0 Å². The van der Waals surface area contributed by atoms with Crippen molar-refractivity contribution in [2.24, 2.45) is 28.9 Å². The van der Waals surface area contributed by atoms with Crippen molar-refractivity contribution in [2.45, 2.75) is 57.5 Å². The monoisotopic (exact) mass is 223 g/mol. The van der Waals surface area contributed by atoms with Crippen LogP contribution in [-0.4, -0.2) is 17.8 Å². The third kappa shape index (κ3) is 1.46. The minimum atomic E-state index is -0.102. The van der Waals surface area contributed by atoms with Gasteiger partial charge in [-0.1, -0.05) is 19.3 Å². The molecule has 2 bridgehead atoms. The Morgan fingerprint density at radius 3 is 2.44 bits per heavy atom. The zero-order chi connectivity index (χ0) is 11.2. The van der Waals surface area contributed by atoms with Crippen LogP contribution in [0.5, 0.6) is 0 Å². The van der Waals surface area contributed by atoms with Gasteiger partial charge in [0.25, 0.3) is 0 Å². The van der Waals surface area contributed by atoms with E-state index in [0.29, 0.717) is 12.5 Å². The molecule has 3 N–H and O–H groups in total. The zero-order valence-corrected chi connectivity index (χ0v) is 10.2. The van der Waals surface area contributed by atoms with E-state index in [4.69, 9.17) is 5.73 Å². The van der Waals surface area contributed by atoms with E-state index in [1.54, 1.807) is 0 Å². The molecule has 16 heavy (non-hydrogen) atoms. The second kappa shape index (κ2) is 3.99. The molecule has 92 valence electrons. The van der Waals surface area contributed by atoms with Gasteiger partial charge in [-0.05, 0) is 49.9 Å². The Morgan fingerprint density at radius 1 is 1.19 bits per heavy atom. The second-order valence-electron chi connectivity index (χ2n) is 6.51.